The summed E-state index contributed by atoms with van der Waals surface area (Å²) in [5.41, 5.74) is 1.21. The van der Waals surface area contributed by atoms with Gasteiger partial charge in [-0.3, -0.25) is 9.69 Å². The second-order valence-electron chi connectivity index (χ2n) is 7.36. The Morgan fingerprint density at radius 1 is 1.32 bits per heavy atom. The third-order valence-electron chi connectivity index (χ3n) is 5.22. The van der Waals surface area contributed by atoms with Crippen molar-refractivity contribution in [3.63, 3.8) is 0 Å². The smallest absolute Gasteiger partial charge is 0.294 e. The SMILES string of the molecule is CS(=O)(=O)NCCC1CCCCN1Cc1nc2c(oc3ccccc32)c(=O)[nH]1. The van der Waals surface area contributed by atoms with E-state index >= 15 is 0 Å². The van der Waals surface area contributed by atoms with Crippen LogP contribution >= 0.6 is 0 Å². The molecule has 1 aromatic carbocycles. The number of rotatable bonds is 6. The van der Waals surface area contributed by atoms with Crippen molar-refractivity contribution in [1.29, 1.82) is 0 Å². The standard InChI is InChI=1S/C19H24N4O4S/c1-28(25,26)20-10-9-13-6-4-5-11-23(13)12-16-21-17-14-7-2-3-8-15(14)27-18(17)19(24)22-16/h2-3,7-8,13,20H,4-6,9-12H2,1H3,(H,21,22,24). The largest absolute Gasteiger partial charge is 0.449 e. The van der Waals surface area contributed by atoms with Crippen LogP contribution < -0.4 is 10.3 Å². The number of nitrogens with one attached hydrogen (secondary N) is 2. The summed E-state index contributed by atoms with van der Waals surface area (Å²) in [6.07, 6.45) is 5.11. The number of hydrogen-bond acceptors (Lipinski definition) is 6. The van der Waals surface area contributed by atoms with Gasteiger partial charge in [0.05, 0.1) is 12.8 Å². The molecule has 28 heavy (non-hydrogen) atoms. The van der Waals surface area contributed by atoms with Crippen LogP contribution in [0.1, 0.15) is 31.5 Å². The fourth-order valence-corrected chi connectivity index (χ4v) is 4.41. The highest BCUT2D eigenvalue weighted by Gasteiger charge is 2.24. The lowest BCUT2D eigenvalue weighted by atomic mass is 9.99. The molecular formula is C19H24N4O4S. The molecule has 0 bridgehead atoms. The first-order valence-electron chi connectivity index (χ1n) is 9.50. The topological polar surface area (TPSA) is 108 Å². The predicted octanol–water partition coefficient (Wildman–Crippen LogP) is 1.96. The van der Waals surface area contributed by atoms with E-state index in [-0.39, 0.29) is 17.2 Å². The van der Waals surface area contributed by atoms with Crippen LogP contribution in [0.25, 0.3) is 22.1 Å². The van der Waals surface area contributed by atoms with Crippen molar-refractivity contribution in [3.05, 3.63) is 40.4 Å². The zero-order valence-corrected chi connectivity index (χ0v) is 16.6. The van der Waals surface area contributed by atoms with Gasteiger partial charge in [-0.15, -0.1) is 0 Å². The van der Waals surface area contributed by atoms with E-state index in [0.29, 0.717) is 30.0 Å². The lowest BCUT2D eigenvalue weighted by molar-refractivity contribution is 0.130. The summed E-state index contributed by atoms with van der Waals surface area (Å²) in [7, 11) is -3.18. The molecular weight excluding hydrogens is 380 g/mol. The fourth-order valence-electron chi connectivity index (χ4n) is 3.92. The summed E-state index contributed by atoms with van der Waals surface area (Å²) in [6.45, 7) is 1.83. The lowest BCUT2D eigenvalue weighted by Gasteiger charge is -2.35. The number of piperidine rings is 1. The van der Waals surface area contributed by atoms with Crippen LogP contribution in [-0.2, 0) is 16.6 Å². The number of fused-ring (bicyclic) bond motifs is 3. The monoisotopic (exact) mass is 404 g/mol. The molecule has 2 aromatic heterocycles. The van der Waals surface area contributed by atoms with E-state index in [9.17, 15) is 13.2 Å². The molecule has 1 saturated heterocycles. The van der Waals surface area contributed by atoms with E-state index in [0.717, 1.165) is 37.6 Å². The quantitative estimate of drug-likeness (QED) is 0.650. The van der Waals surface area contributed by atoms with Crippen LogP contribution in [0.2, 0.25) is 0 Å². The number of aromatic amines is 1. The average molecular weight is 404 g/mol. The zero-order valence-electron chi connectivity index (χ0n) is 15.8. The molecule has 150 valence electrons. The van der Waals surface area contributed by atoms with Gasteiger partial charge < -0.3 is 9.40 Å². The van der Waals surface area contributed by atoms with E-state index in [1.54, 1.807) is 0 Å². The third-order valence-corrected chi connectivity index (χ3v) is 5.95. The number of H-pyrrole nitrogens is 1. The van der Waals surface area contributed by atoms with Gasteiger partial charge in [0.2, 0.25) is 15.6 Å². The van der Waals surface area contributed by atoms with Gasteiger partial charge in [0.15, 0.2) is 0 Å². The van der Waals surface area contributed by atoms with Gasteiger partial charge in [0.1, 0.15) is 16.9 Å². The van der Waals surface area contributed by atoms with Crippen LogP contribution in [0.15, 0.2) is 33.5 Å². The highest BCUT2D eigenvalue weighted by molar-refractivity contribution is 7.88. The maximum absolute atomic E-state index is 12.5. The number of benzene rings is 1. The molecule has 9 heteroatoms. The van der Waals surface area contributed by atoms with Crippen molar-refractivity contribution in [1.82, 2.24) is 19.6 Å². The first kappa shape index (κ1) is 19.1. The summed E-state index contributed by atoms with van der Waals surface area (Å²) < 4.78 is 30.8. The van der Waals surface area contributed by atoms with Gasteiger partial charge in [-0.05, 0) is 37.9 Å². The molecule has 3 aromatic rings. The van der Waals surface area contributed by atoms with Gasteiger partial charge in [-0.2, -0.15) is 0 Å². The van der Waals surface area contributed by atoms with Gasteiger partial charge >= 0.3 is 0 Å². The molecule has 0 spiro atoms. The zero-order chi connectivity index (χ0) is 19.7. The van der Waals surface area contributed by atoms with Gasteiger partial charge in [0.25, 0.3) is 5.56 Å². The highest BCUT2D eigenvalue weighted by atomic mass is 32.2. The number of aromatic nitrogens is 2. The summed E-state index contributed by atoms with van der Waals surface area (Å²) in [4.78, 5) is 22.3. The van der Waals surface area contributed by atoms with E-state index in [4.69, 9.17) is 4.42 Å². The maximum Gasteiger partial charge on any atom is 0.294 e. The van der Waals surface area contributed by atoms with Crippen LogP contribution in [0, 0.1) is 0 Å². The Hall–Kier alpha value is -2.23. The lowest BCUT2D eigenvalue weighted by Crippen LogP contribution is -2.41. The Bertz CT molecular complexity index is 1150. The van der Waals surface area contributed by atoms with Crippen molar-refractivity contribution >= 4 is 32.1 Å². The molecule has 0 saturated carbocycles. The first-order chi connectivity index (χ1) is 13.4. The number of sulfonamides is 1. The minimum atomic E-state index is -3.18. The number of para-hydroxylation sites is 1. The molecule has 1 atom stereocenters. The van der Waals surface area contributed by atoms with Gasteiger partial charge in [-0.25, -0.2) is 18.1 Å². The molecule has 3 heterocycles. The van der Waals surface area contributed by atoms with Crippen LogP contribution in [-0.4, -0.2) is 48.7 Å². The molecule has 1 aliphatic rings. The predicted molar refractivity (Wildman–Crippen MR) is 108 cm³/mol. The minimum Gasteiger partial charge on any atom is -0.449 e. The van der Waals surface area contributed by atoms with E-state index in [2.05, 4.69) is 19.6 Å². The second kappa shape index (κ2) is 7.65. The normalized spacial score (nSPS) is 18.8. The summed E-state index contributed by atoms with van der Waals surface area (Å²) >= 11 is 0. The van der Waals surface area contributed by atoms with E-state index in [1.165, 1.54) is 6.26 Å². The molecule has 1 aliphatic heterocycles. The van der Waals surface area contributed by atoms with Crippen molar-refractivity contribution < 1.29 is 12.8 Å². The Morgan fingerprint density at radius 3 is 2.96 bits per heavy atom. The number of furan rings is 1. The summed E-state index contributed by atoms with van der Waals surface area (Å²) in [5, 5.41) is 0.831. The average Bonchev–Trinajstić information content (AvgIpc) is 3.02. The molecule has 0 radical (unpaired) electrons. The van der Waals surface area contributed by atoms with E-state index < -0.39 is 10.0 Å². The van der Waals surface area contributed by atoms with Crippen LogP contribution in [0.4, 0.5) is 0 Å². The molecule has 1 fully saturated rings. The Balaban J connectivity index is 1.57. The van der Waals surface area contributed by atoms with Crippen LogP contribution in [0.5, 0.6) is 0 Å². The van der Waals surface area contributed by atoms with E-state index in [1.807, 2.05) is 24.3 Å². The van der Waals surface area contributed by atoms with Crippen molar-refractivity contribution in [3.8, 4) is 0 Å². The van der Waals surface area contributed by atoms with Crippen molar-refractivity contribution in [2.75, 3.05) is 19.3 Å². The number of nitrogens with zero attached hydrogens (tertiary/aromatic N) is 2. The Kier molecular flexibility index (Phi) is 5.22. The first-order valence-corrected chi connectivity index (χ1v) is 11.4. The number of likely N-dealkylation sites (tertiary alicyclic amines) is 1. The molecule has 8 nitrogen and oxygen atoms in total. The number of hydrogen-bond donors (Lipinski definition) is 2. The van der Waals surface area contributed by atoms with Crippen LogP contribution in [0.3, 0.4) is 0 Å². The Labute approximate surface area is 163 Å². The second-order valence-corrected chi connectivity index (χ2v) is 9.20. The van der Waals surface area contributed by atoms with Gasteiger partial charge in [-0.1, -0.05) is 18.6 Å². The molecule has 0 aliphatic carbocycles. The third kappa shape index (κ3) is 4.11. The minimum absolute atomic E-state index is 0.248. The van der Waals surface area contributed by atoms with Gasteiger partial charge in [0, 0.05) is 18.0 Å². The molecule has 4 rings (SSSR count). The maximum atomic E-state index is 12.5. The molecule has 2 N–H and O–H groups in total. The Morgan fingerprint density at radius 2 is 2.14 bits per heavy atom. The molecule has 1 unspecified atom stereocenters. The molecule has 0 amide bonds. The highest BCUT2D eigenvalue weighted by Crippen LogP contribution is 2.25. The summed E-state index contributed by atoms with van der Waals surface area (Å²) in [6, 6.07) is 7.74. The summed E-state index contributed by atoms with van der Waals surface area (Å²) in [5.74, 6) is 0.604. The fraction of sp³-hybridized carbons (Fsp3) is 0.474. The van der Waals surface area contributed by atoms with Crippen molar-refractivity contribution in [2.24, 2.45) is 0 Å². The van der Waals surface area contributed by atoms with Crippen molar-refractivity contribution in [2.45, 2.75) is 38.3 Å².